The van der Waals surface area contributed by atoms with E-state index < -0.39 is 0 Å². The summed E-state index contributed by atoms with van der Waals surface area (Å²) < 4.78 is 1.96. The zero-order valence-corrected chi connectivity index (χ0v) is 11.6. The van der Waals surface area contributed by atoms with Gasteiger partial charge in [-0.25, -0.2) is 4.79 Å². The third-order valence-corrected chi connectivity index (χ3v) is 3.39. The van der Waals surface area contributed by atoms with Gasteiger partial charge in [-0.1, -0.05) is 18.2 Å². The van der Waals surface area contributed by atoms with Crippen LogP contribution in [0.4, 0.5) is 4.79 Å². The topological polar surface area (TPSA) is 54.3 Å². The van der Waals surface area contributed by atoms with Crippen LogP contribution in [0.25, 0.3) is 11.8 Å². The van der Waals surface area contributed by atoms with Crippen molar-refractivity contribution in [2.75, 3.05) is 6.54 Å². The molecule has 1 fully saturated rings. The summed E-state index contributed by atoms with van der Waals surface area (Å²) in [4.78, 5) is 24.9. The van der Waals surface area contributed by atoms with Crippen LogP contribution in [-0.4, -0.2) is 28.0 Å². The van der Waals surface area contributed by atoms with Crippen molar-refractivity contribution in [1.82, 2.24) is 14.8 Å². The van der Waals surface area contributed by atoms with E-state index in [0.717, 1.165) is 11.4 Å². The Morgan fingerprint density at radius 2 is 1.86 bits per heavy atom. The Balaban J connectivity index is 1.97. The van der Waals surface area contributed by atoms with Crippen LogP contribution in [0.5, 0.6) is 0 Å². The van der Waals surface area contributed by atoms with Crippen LogP contribution in [0.1, 0.15) is 12.6 Å². The molecule has 5 nitrogen and oxygen atoms in total. The van der Waals surface area contributed by atoms with Gasteiger partial charge in [0, 0.05) is 24.1 Å². The molecule has 2 heterocycles. The number of amides is 3. The number of para-hydroxylation sites is 1. The van der Waals surface area contributed by atoms with Gasteiger partial charge in [0.05, 0.1) is 0 Å². The van der Waals surface area contributed by atoms with Crippen LogP contribution in [0.2, 0.25) is 0 Å². The highest BCUT2D eigenvalue weighted by atomic mass is 16.2. The van der Waals surface area contributed by atoms with Gasteiger partial charge in [0.15, 0.2) is 0 Å². The largest absolute Gasteiger partial charge is 0.328 e. The highest BCUT2D eigenvalue weighted by Gasteiger charge is 2.32. The molecule has 3 rings (SSSR count). The Morgan fingerprint density at radius 1 is 1.10 bits per heavy atom. The quantitative estimate of drug-likeness (QED) is 0.693. The normalized spacial score (nSPS) is 16.6. The maximum atomic E-state index is 12.1. The van der Waals surface area contributed by atoms with Crippen molar-refractivity contribution >= 4 is 18.0 Å². The third-order valence-electron chi connectivity index (χ3n) is 3.39. The summed E-state index contributed by atoms with van der Waals surface area (Å²) in [7, 11) is 0. The van der Waals surface area contributed by atoms with E-state index in [1.54, 1.807) is 13.0 Å². The Morgan fingerprint density at radius 3 is 2.52 bits per heavy atom. The van der Waals surface area contributed by atoms with Crippen molar-refractivity contribution in [3.8, 4) is 5.69 Å². The van der Waals surface area contributed by atoms with Gasteiger partial charge in [-0.05, 0) is 37.3 Å². The van der Waals surface area contributed by atoms with Gasteiger partial charge in [0.2, 0.25) is 0 Å². The number of hydrogen-bond acceptors (Lipinski definition) is 2. The zero-order valence-electron chi connectivity index (χ0n) is 11.6. The molecule has 0 saturated carbocycles. The predicted molar refractivity (Wildman–Crippen MR) is 79.7 cm³/mol. The Labute approximate surface area is 122 Å². The van der Waals surface area contributed by atoms with E-state index in [2.05, 4.69) is 5.32 Å². The first kappa shape index (κ1) is 13.2. The number of hydrogen-bond donors (Lipinski definition) is 1. The molecule has 3 amide bonds. The monoisotopic (exact) mass is 281 g/mol. The summed E-state index contributed by atoms with van der Waals surface area (Å²) in [6.07, 6.45) is 3.61. The molecule has 1 aromatic heterocycles. The molecular formula is C16H15N3O2. The number of benzene rings is 1. The van der Waals surface area contributed by atoms with E-state index in [9.17, 15) is 9.59 Å². The number of nitrogens with one attached hydrogen (secondary N) is 1. The molecule has 0 spiro atoms. The number of likely N-dealkylation sites (N-methyl/N-ethyl adjacent to an activating group) is 1. The lowest BCUT2D eigenvalue weighted by atomic mass is 10.3. The Hall–Kier alpha value is -2.82. The first-order valence-corrected chi connectivity index (χ1v) is 6.78. The van der Waals surface area contributed by atoms with E-state index in [-0.39, 0.29) is 11.9 Å². The summed E-state index contributed by atoms with van der Waals surface area (Å²) in [5.74, 6) is -0.289. The molecule has 0 atom stereocenters. The highest BCUT2D eigenvalue weighted by Crippen LogP contribution is 2.17. The molecule has 0 unspecified atom stereocenters. The second-order valence-electron chi connectivity index (χ2n) is 4.68. The molecule has 106 valence electrons. The first-order chi connectivity index (χ1) is 10.2. The van der Waals surface area contributed by atoms with Gasteiger partial charge < -0.3 is 9.88 Å². The van der Waals surface area contributed by atoms with Crippen molar-refractivity contribution < 1.29 is 9.59 Å². The van der Waals surface area contributed by atoms with Crippen LogP contribution in [-0.2, 0) is 4.79 Å². The lowest BCUT2D eigenvalue weighted by Crippen LogP contribution is -2.30. The van der Waals surface area contributed by atoms with E-state index in [0.29, 0.717) is 12.2 Å². The minimum Gasteiger partial charge on any atom is -0.317 e. The van der Waals surface area contributed by atoms with Gasteiger partial charge in [0.25, 0.3) is 5.91 Å². The summed E-state index contributed by atoms with van der Waals surface area (Å²) >= 11 is 0. The van der Waals surface area contributed by atoms with E-state index in [4.69, 9.17) is 0 Å². The molecule has 1 saturated heterocycles. The van der Waals surface area contributed by atoms with Crippen molar-refractivity contribution in [3.63, 3.8) is 0 Å². The highest BCUT2D eigenvalue weighted by molar-refractivity contribution is 6.13. The minimum absolute atomic E-state index is 0.289. The molecule has 0 radical (unpaired) electrons. The van der Waals surface area contributed by atoms with Crippen LogP contribution >= 0.6 is 0 Å². The lowest BCUT2D eigenvalue weighted by Gasteiger charge is -2.07. The van der Waals surface area contributed by atoms with E-state index in [1.165, 1.54) is 4.90 Å². The molecule has 1 aromatic carbocycles. The number of aromatic nitrogens is 1. The number of rotatable bonds is 3. The van der Waals surface area contributed by atoms with Gasteiger partial charge in [-0.3, -0.25) is 9.69 Å². The summed E-state index contributed by atoms with van der Waals surface area (Å²) in [6, 6.07) is 13.2. The SMILES string of the molecule is CCN1C(=O)N/C(=C\c2cccn2-c2ccccc2)C1=O. The standard InChI is InChI=1S/C16H15N3O2/c1-2-18-15(20)14(17-16(18)21)11-13-9-6-10-19(13)12-7-4-3-5-8-12/h3-11H,2H2,1H3,(H,17,21)/b14-11-. The third kappa shape index (κ3) is 2.33. The minimum atomic E-state index is -0.369. The average molecular weight is 281 g/mol. The maximum Gasteiger partial charge on any atom is 0.328 e. The fraction of sp³-hybridized carbons (Fsp3) is 0.125. The fourth-order valence-electron chi connectivity index (χ4n) is 2.34. The van der Waals surface area contributed by atoms with E-state index in [1.807, 2.05) is 53.2 Å². The molecule has 1 aliphatic rings. The average Bonchev–Trinajstić information content (AvgIpc) is 3.06. The van der Waals surface area contributed by atoms with Crippen LogP contribution < -0.4 is 5.32 Å². The second-order valence-corrected chi connectivity index (χ2v) is 4.68. The van der Waals surface area contributed by atoms with Crippen molar-refractivity contribution in [2.24, 2.45) is 0 Å². The molecule has 1 aliphatic heterocycles. The molecule has 21 heavy (non-hydrogen) atoms. The summed E-state index contributed by atoms with van der Waals surface area (Å²) in [6.45, 7) is 2.13. The summed E-state index contributed by atoms with van der Waals surface area (Å²) in [5, 5.41) is 2.61. The smallest absolute Gasteiger partial charge is 0.317 e. The van der Waals surface area contributed by atoms with Crippen molar-refractivity contribution in [2.45, 2.75) is 6.92 Å². The molecular weight excluding hydrogens is 266 g/mol. The van der Waals surface area contributed by atoms with Gasteiger partial charge >= 0.3 is 6.03 Å². The zero-order chi connectivity index (χ0) is 14.8. The fourth-order valence-corrected chi connectivity index (χ4v) is 2.34. The number of urea groups is 1. The van der Waals surface area contributed by atoms with Crippen LogP contribution in [0, 0.1) is 0 Å². The molecule has 0 aliphatic carbocycles. The maximum absolute atomic E-state index is 12.1. The number of carbonyl (C=O) groups is 2. The first-order valence-electron chi connectivity index (χ1n) is 6.78. The van der Waals surface area contributed by atoms with Crippen molar-refractivity contribution in [3.05, 3.63) is 60.1 Å². The lowest BCUT2D eigenvalue weighted by molar-refractivity contribution is -0.122. The predicted octanol–water partition coefficient (Wildman–Crippen LogP) is 2.39. The van der Waals surface area contributed by atoms with Crippen LogP contribution in [0.15, 0.2) is 54.4 Å². The van der Waals surface area contributed by atoms with Crippen molar-refractivity contribution in [1.29, 1.82) is 0 Å². The Bertz CT molecular complexity index is 716. The van der Waals surface area contributed by atoms with E-state index >= 15 is 0 Å². The number of carbonyl (C=O) groups excluding carboxylic acids is 2. The van der Waals surface area contributed by atoms with Gasteiger partial charge in [0.1, 0.15) is 5.70 Å². The second kappa shape index (κ2) is 5.28. The molecule has 2 aromatic rings. The molecule has 1 N–H and O–H groups in total. The van der Waals surface area contributed by atoms with Crippen LogP contribution in [0.3, 0.4) is 0 Å². The molecule has 0 bridgehead atoms. The summed E-state index contributed by atoms with van der Waals surface area (Å²) in [5.41, 5.74) is 2.14. The van der Waals surface area contributed by atoms with Gasteiger partial charge in [-0.15, -0.1) is 0 Å². The number of nitrogens with zero attached hydrogens (tertiary/aromatic N) is 2. The number of imide groups is 1. The molecule has 5 heteroatoms. The van der Waals surface area contributed by atoms with Gasteiger partial charge in [-0.2, -0.15) is 0 Å². The Kier molecular flexibility index (Phi) is 3.31.